The zero-order chi connectivity index (χ0) is 11.4. The predicted octanol–water partition coefficient (Wildman–Crippen LogP) is 2.37. The van der Waals surface area contributed by atoms with Crippen molar-refractivity contribution in [2.75, 3.05) is 7.05 Å². The lowest BCUT2D eigenvalue weighted by atomic mass is 10.0. The first-order valence-electron chi connectivity index (χ1n) is 6.26. The normalized spacial score (nSPS) is 18.0. The van der Waals surface area contributed by atoms with Crippen LogP contribution in [0.2, 0.25) is 0 Å². The van der Waals surface area contributed by atoms with Gasteiger partial charge in [-0.05, 0) is 32.7 Å². The van der Waals surface area contributed by atoms with Crippen molar-refractivity contribution in [3.8, 4) is 0 Å². The molecule has 1 N–H and O–H groups in total. The molecule has 0 spiro atoms. The molecule has 98 valence electrons. The summed E-state index contributed by atoms with van der Waals surface area (Å²) < 4.78 is 5.28. The van der Waals surface area contributed by atoms with E-state index < -0.39 is 0 Å². The molecule has 1 unspecified atom stereocenters. The number of halogens is 1. The Balaban J connectivity index is 0.00000144. The maximum atomic E-state index is 5.28. The number of hydrogen-bond acceptors (Lipinski definition) is 4. The number of rotatable bonds is 5. The highest BCUT2D eigenvalue weighted by Gasteiger charge is 2.19. The Morgan fingerprint density at radius 1 is 1.41 bits per heavy atom. The lowest BCUT2D eigenvalue weighted by Crippen LogP contribution is -2.24. The van der Waals surface area contributed by atoms with E-state index in [1.54, 1.807) is 0 Å². The fraction of sp³-hybridized carbons (Fsp3) is 0.833. The molecule has 5 heteroatoms. The smallest absolute Gasteiger partial charge is 0.226 e. The molecule has 0 bridgehead atoms. The Morgan fingerprint density at radius 3 is 2.76 bits per heavy atom. The Labute approximate surface area is 109 Å². The molecule has 1 aliphatic carbocycles. The van der Waals surface area contributed by atoms with Crippen LogP contribution in [-0.4, -0.2) is 23.2 Å². The molecular formula is C12H22ClN3O. The van der Waals surface area contributed by atoms with E-state index in [2.05, 4.69) is 22.4 Å². The Hall–Kier alpha value is -0.610. The summed E-state index contributed by atoms with van der Waals surface area (Å²) in [7, 11) is 1.95. The molecule has 1 aromatic rings. The predicted molar refractivity (Wildman–Crippen MR) is 69.4 cm³/mol. The highest BCUT2D eigenvalue weighted by molar-refractivity contribution is 5.85. The van der Waals surface area contributed by atoms with Crippen molar-refractivity contribution in [2.24, 2.45) is 5.92 Å². The van der Waals surface area contributed by atoms with Crippen LogP contribution in [0.3, 0.4) is 0 Å². The van der Waals surface area contributed by atoms with Crippen LogP contribution in [0.25, 0.3) is 0 Å². The summed E-state index contributed by atoms with van der Waals surface area (Å²) in [5.74, 6) is 2.43. The monoisotopic (exact) mass is 259 g/mol. The van der Waals surface area contributed by atoms with Crippen LogP contribution in [0.1, 0.15) is 44.3 Å². The van der Waals surface area contributed by atoms with Crippen LogP contribution in [0.15, 0.2) is 4.52 Å². The minimum atomic E-state index is 0. The summed E-state index contributed by atoms with van der Waals surface area (Å²) in [6.07, 6.45) is 7.19. The van der Waals surface area contributed by atoms with Crippen LogP contribution < -0.4 is 5.32 Å². The average Bonchev–Trinajstić information content (AvgIpc) is 2.91. The number of nitrogens with one attached hydrogen (secondary N) is 1. The fourth-order valence-electron chi connectivity index (χ4n) is 2.29. The summed E-state index contributed by atoms with van der Waals surface area (Å²) >= 11 is 0. The zero-order valence-corrected chi connectivity index (χ0v) is 11.4. The van der Waals surface area contributed by atoms with Gasteiger partial charge in [-0.2, -0.15) is 4.98 Å². The third-order valence-corrected chi connectivity index (χ3v) is 3.43. The summed E-state index contributed by atoms with van der Waals surface area (Å²) in [6, 6.07) is 0.400. The SMILES string of the molecule is CNC(C)Cc1noc(CC2CCCC2)n1.Cl. The van der Waals surface area contributed by atoms with E-state index in [1.165, 1.54) is 25.7 Å². The first-order chi connectivity index (χ1) is 7.78. The molecule has 1 atom stereocenters. The second kappa shape index (κ2) is 6.97. The van der Waals surface area contributed by atoms with E-state index in [1.807, 2.05) is 7.05 Å². The Morgan fingerprint density at radius 2 is 2.12 bits per heavy atom. The van der Waals surface area contributed by atoms with Gasteiger partial charge < -0.3 is 9.84 Å². The van der Waals surface area contributed by atoms with Crippen molar-refractivity contribution < 1.29 is 4.52 Å². The van der Waals surface area contributed by atoms with E-state index >= 15 is 0 Å². The van der Waals surface area contributed by atoms with Crippen molar-refractivity contribution in [3.05, 3.63) is 11.7 Å². The van der Waals surface area contributed by atoms with Gasteiger partial charge in [0.05, 0.1) is 0 Å². The van der Waals surface area contributed by atoms with Gasteiger partial charge in [-0.15, -0.1) is 12.4 Å². The number of aromatic nitrogens is 2. The van der Waals surface area contributed by atoms with Gasteiger partial charge in [0.25, 0.3) is 0 Å². The summed E-state index contributed by atoms with van der Waals surface area (Å²) in [4.78, 5) is 4.44. The Bertz CT molecular complexity index is 323. The van der Waals surface area contributed by atoms with Crippen LogP contribution in [0.4, 0.5) is 0 Å². The van der Waals surface area contributed by atoms with E-state index in [-0.39, 0.29) is 12.4 Å². The second-order valence-electron chi connectivity index (χ2n) is 4.85. The van der Waals surface area contributed by atoms with Gasteiger partial charge in [0.15, 0.2) is 5.82 Å². The zero-order valence-electron chi connectivity index (χ0n) is 10.6. The van der Waals surface area contributed by atoms with Gasteiger partial charge in [0.2, 0.25) is 5.89 Å². The summed E-state index contributed by atoms with van der Waals surface area (Å²) in [5.41, 5.74) is 0. The van der Waals surface area contributed by atoms with Gasteiger partial charge in [-0.1, -0.05) is 18.0 Å². The van der Waals surface area contributed by atoms with Crippen LogP contribution in [0.5, 0.6) is 0 Å². The molecule has 1 heterocycles. The van der Waals surface area contributed by atoms with Crippen molar-refractivity contribution in [2.45, 2.75) is 51.5 Å². The third kappa shape index (κ3) is 4.28. The molecule has 1 saturated carbocycles. The van der Waals surface area contributed by atoms with Crippen molar-refractivity contribution in [3.63, 3.8) is 0 Å². The van der Waals surface area contributed by atoms with Crippen LogP contribution in [0, 0.1) is 5.92 Å². The lowest BCUT2D eigenvalue weighted by molar-refractivity contribution is 0.348. The van der Waals surface area contributed by atoms with E-state index in [0.717, 1.165) is 30.5 Å². The molecule has 1 fully saturated rings. The fourth-order valence-corrected chi connectivity index (χ4v) is 2.29. The van der Waals surface area contributed by atoms with Gasteiger partial charge in [-0.3, -0.25) is 0 Å². The molecule has 0 amide bonds. The van der Waals surface area contributed by atoms with E-state index in [9.17, 15) is 0 Å². The Kier molecular flexibility index (Phi) is 5.92. The highest BCUT2D eigenvalue weighted by Crippen LogP contribution is 2.27. The van der Waals surface area contributed by atoms with E-state index in [0.29, 0.717) is 6.04 Å². The molecule has 0 aromatic carbocycles. The number of hydrogen-bond donors (Lipinski definition) is 1. The minimum Gasteiger partial charge on any atom is -0.339 e. The number of nitrogens with zero attached hydrogens (tertiary/aromatic N) is 2. The quantitative estimate of drug-likeness (QED) is 0.882. The average molecular weight is 260 g/mol. The molecule has 4 nitrogen and oxygen atoms in total. The molecule has 1 aromatic heterocycles. The van der Waals surface area contributed by atoms with Crippen molar-refractivity contribution in [1.82, 2.24) is 15.5 Å². The van der Waals surface area contributed by atoms with Crippen LogP contribution in [-0.2, 0) is 12.8 Å². The first-order valence-corrected chi connectivity index (χ1v) is 6.26. The van der Waals surface area contributed by atoms with Gasteiger partial charge in [0.1, 0.15) is 0 Å². The summed E-state index contributed by atoms with van der Waals surface area (Å²) in [6.45, 7) is 2.12. The molecule has 17 heavy (non-hydrogen) atoms. The molecule has 0 aliphatic heterocycles. The highest BCUT2D eigenvalue weighted by atomic mass is 35.5. The first kappa shape index (κ1) is 14.5. The van der Waals surface area contributed by atoms with Crippen molar-refractivity contribution >= 4 is 12.4 Å². The van der Waals surface area contributed by atoms with Crippen molar-refractivity contribution in [1.29, 1.82) is 0 Å². The van der Waals surface area contributed by atoms with Gasteiger partial charge in [-0.25, -0.2) is 0 Å². The minimum absolute atomic E-state index is 0. The maximum Gasteiger partial charge on any atom is 0.226 e. The molecular weight excluding hydrogens is 238 g/mol. The van der Waals surface area contributed by atoms with Gasteiger partial charge >= 0.3 is 0 Å². The molecule has 2 rings (SSSR count). The van der Waals surface area contributed by atoms with Gasteiger partial charge in [0, 0.05) is 18.9 Å². The summed E-state index contributed by atoms with van der Waals surface area (Å²) in [5, 5.41) is 7.19. The maximum absolute atomic E-state index is 5.28. The third-order valence-electron chi connectivity index (χ3n) is 3.43. The molecule has 1 aliphatic rings. The second-order valence-corrected chi connectivity index (χ2v) is 4.85. The van der Waals surface area contributed by atoms with E-state index in [4.69, 9.17) is 4.52 Å². The molecule has 0 radical (unpaired) electrons. The molecule has 0 saturated heterocycles. The topological polar surface area (TPSA) is 51.0 Å². The van der Waals surface area contributed by atoms with Crippen LogP contribution >= 0.6 is 12.4 Å². The number of likely N-dealkylation sites (N-methyl/N-ethyl adjacent to an activating group) is 1. The lowest BCUT2D eigenvalue weighted by Gasteiger charge is -2.05. The standard InChI is InChI=1S/C12H21N3O.ClH/c1-9(13-2)7-11-14-12(16-15-11)8-10-5-3-4-6-10;/h9-10,13H,3-8H2,1-2H3;1H. The largest absolute Gasteiger partial charge is 0.339 e.